The van der Waals surface area contributed by atoms with E-state index in [1.165, 1.54) is 0 Å². The van der Waals surface area contributed by atoms with Crippen molar-refractivity contribution in [1.29, 1.82) is 0 Å². The molecule has 2 atom stereocenters. The van der Waals surface area contributed by atoms with Crippen molar-refractivity contribution in [2.45, 2.75) is 19.0 Å². The highest BCUT2D eigenvalue weighted by atomic mass is 32.2. The first-order chi connectivity index (χ1) is 6.34. The normalized spacial score (nSPS) is 30.1. The van der Waals surface area contributed by atoms with Crippen LogP contribution >= 0.6 is 0 Å². The largest absolute Gasteiger partial charge is 0.480 e. The number of nitrogens with zero attached hydrogens (tertiary/aromatic N) is 1. The highest BCUT2D eigenvalue weighted by molar-refractivity contribution is 7.88. The molecule has 82 valence electrons. The quantitative estimate of drug-likeness (QED) is 0.606. The Bertz CT molecular complexity index is 327. The zero-order valence-electron chi connectivity index (χ0n) is 8.10. The Hall–Kier alpha value is -0.660. The lowest BCUT2D eigenvalue weighted by molar-refractivity contribution is -0.143. The maximum Gasteiger partial charge on any atom is 0.323 e. The highest BCUT2D eigenvalue weighted by Crippen LogP contribution is 2.13. The van der Waals surface area contributed by atoms with Gasteiger partial charge in [-0.2, -0.15) is 4.31 Å². The fourth-order valence-corrected chi connectivity index (χ4v) is 2.72. The average Bonchev–Trinajstić information content (AvgIpc) is 2.01. The van der Waals surface area contributed by atoms with Gasteiger partial charge in [-0.15, -0.1) is 0 Å². The van der Waals surface area contributed by atoms with Crippen LogP contribution in [0.5, 0.6) is 0 Å². The molecular weight excluding hydrogens is 208 g/mol. The van der Waals surface area contributed by atoms with Crippen molar-refractivity contribution in [1.82, 2.24) is 9.62 Å². The summed E-state index contributed by atoms with van der Waals surface area (Å²) >= 11 is 0. The molecule has 0 aromatic heterocycles. The summed E-state index contributed by atoms with van der Waals surface area (Å²) in [6.07, 6.45) is 1.03. The molecule has 1 fully saturated rings. The Balaban J connectivity index is 2.97. The Morgan fingerprint density at radius 3 is 2.50 bits per heavy atom. The van der Waals surface area contributed by atoms with E-state index in [0.29, 0.717) is 6.54 Å². The molecule has 1 saturated heterocycles. The zero-order valence-corrected chi connectivity index (χ0v) is 8.91. The molecular formula is C7H14N2O4S. The Morgan fingerprint density at radius 1 is 1.57 bits per heavy atom. The maximum atomic E-state index is 11.3. The second kappa shape index (κ2) is 3.84. The van der Waals surface area contributed by atoms with Crippen molar-refractivity contribution in [3.63, 3.8) is 0 Å². The van der Waals surface area contributed by atoms with Crippen molar-refractivity contribution >= 4 is 16.0 Å². The predicted octanol–water partition coefficient (Wildman–Crippen LogP) is -1.31. The van der Waals surface area contributed by atoms with Crippen LogP contribution in [0, 0.1) is 0 Å². The first-order valence-electron chi connectivity index (χ1n) is 4.27. The van der Waals surface area contributed by atoms with Gasteiger partial charge in [-0.25, -0.2) is 8.42 Å². The number of hydrogen-bond acceptors (Lipinski definition) is 4. The van der Waals surface area contributed by atoms with Crippen molar-refractivity contribution in [3.8, 4) is 0 Å². The summed E-state index contributed by atoms with van der Waals surface area (Å²) in [7, 11) is -3.44. The molecule has 0 aliphatic carbocycles. The van der Waals surface area contributed by atoms with E-state index < -0.39 is 22.0 Å². The van der Waals surface area contributed by atoms with Gasteiger partial charge in [-0.3, -0.25) is 4.79 Å². The SMILES string of the molecule is CC1NCCN(S(C)(=O)=O)C1C(=O)O. The Labute approximate surface area is 82.9 Å². The van der Waals surface area contributed by atoms with Crippen LogP contribution in [0.15, 0.2) is 0 Å². The molecule has 1 heterocycles. The lowest BCUT2D eigenvalue weighted by Crippen LogP contribution is -2.61. The molecule has 1 aliphatic heterocycles. The van der Waals surface area contributed by atoms with Gasteiger partial charge in [0.05, 0.1) is 6.26 Å². The first-order valence-corrected chi connectivity index (χ1v) is 6.12. The van der Waals surface area contributed by atoms with Crippen molar-refractivity contribution in [2.24, 2.45) is 0 Å². The van der Waals surface area contributed by atoms with Gasteiger partial charge in [0.15, 0.2) is 0 Å². The van der Waals surface area contributed by atoms with E-state index in [-0.39, 0.29) is 12.6 Å². The minimum Gasteiger partial charge on any atom is -0.480 e. The van der Waals surface area contributed by atoms with Crippen LogP contribution in [0.25, 0.3) is 0 Å². The van der Waals surface area contributed by atoms with E-state index in [1.54, 1.807) is 6.92 Å². The topological polar surface area (TPSA) is 86.7 Å². The van der Waals surface area contributed by atoms with Crippen LogP contribution in [0.4, 0.5) is 0 Å². The van der Waals surface area contributed by atoms with Gasteiger partial charge in [0.1, 0.15) is 6.04 Å². The lowest BCUT2D eigenvalue weighted by atomic mass is 10.1. The molecule has 0 spiro atoms. The van der Waals surface area contributed by atoms with Gasteiger partial charge in [0.2, 0.25) is 10.0 Å². The number of piperazine rings is 1. The number of aliphatic carboxylic acids is 1. The summed E-state index contributed by atoms with van der Waals surface area (Å²) in [5.41, 5.74) is 0. The zero-order chi connectivity index (χ0) is 10.9. The summed E-state index contributed by atoms with van der Waals surface area (Å²) in [6.45, 7) is 2.36. The number of rotatable bonds is 2. The average molecular weight is 222 g/mol. The Kier molecular flexibility index (Phi) is 3.13. The molecule has 2 unspecified atom stereocenters. The third-order valence-corrected chi connectivity index (χ3v) is 3.52. The summed E-state index contributed by atoms with van der Waals surface area (Å²) in [5, 5.41) is 11.8. The molecule has 1 rings (SSSR count). The lowest BCUT2D eigenvalue weighted by Gasteiger charge is -2.35. The van der Waals surface area contributed by atoms with Crippen molar-refractivity contribution in [3.05, 3.63) is 0 Å². The summed E-state index contributed by atoms with van der Waals surface area (Å²) in [6, 6.07) is -1.37. The van der Waals surface area contributed by atoms with E-state index >= 15 is 0 Å². The molecule has 0 bridgehead atoms. The van der Waals surface area contributed by atoms with E-state index in [0.717, 1.165) is 10.6 Å². The minimum absolute atomic E-state index is 0.208. The molecule has 0 amide bonds. The number of carbonyl (C=O) groups is 1. The fraction of sp³-hybridized carbons (Fsp3) is 0.857. The van der Waals surface area contributed by atoms with Crippen LogP contribution in [-0.4, -0.2) is 55.2 Å². The van der Waals surface area contributed by atoms with Crippen LogP contribution in [0.1, 0.15) is 6.92 Å². The molecule has 6 nitrogen and oxygen atoms in total. The number of hydrogen-bond donors (Lipinski definition) is 2. The molecule has 14 heavy (non-hydrogen) atoms. The second-order valence-corrected chi connectivity index (χ2v) is 5.33. The molecule has 0 aromatic rings. The molecule has 0 aromatic carbocycles. The first kappa shape index (κ1) is 11.4. The van der Waals surface area contributed by atoms with Gasteiger partial charge in [-0.1, -0.05) is 0 Å². The third-order valence-electron chi connectivity index (χ3n) is 2.26. The van der Waals surface area contributed by atoms with Gasteiger partial charge in [-0.05, 0) is 6.92 Å². The van der Waals surface area contributed by atoms with E-state index in [4.69, 9.17) is 5.11 Å². The highest BCUT2D eigenvalue weighted by Gasteiger charge is 2.38. The van der Waals surface area contributed by atoms with Gasteiger partial charge in [0, 0.05) is 19.1 Å². The molecule has 7 heteroatoms. The third kappa shape index (κ3) is 2.23. The Morgan fingerprint density at radius 2 is 2.14 bits per heavy atom. The van der Waals surface area contributed by atoms with Gasteiger partial charge < -0.3 is 10.4 Å². The van der Waals surface area contributed by atoms with Crippen molar-refractivity contribution in [2.75, 3.05) is 19.3 Å². The van der Waals surface area contributed by atoms with Crippen LogP contribution < -0.4 is 5.32 Å². The standard InChI is InChI=1S/C7H14N2O4S/c1-5-6(7(10)11)9(4-3-8-5)14(2,12)13/h5-6,8H,3-4H2,1-2H3,(H,10,11). The van der Waals surface area contributed by atoms with Crippen LogP contribution in [0.3, 0.4) is 0 Å². The summed E-state index contributed by atoms with van der Waals surface area (Å²) in [4.78, 5) is 10.9. The van der Waals surface area contributed by atoms with Crippen molar-refractivity contribution < 1.29 is 18.3 Å². The number of sulfonamides is 1. The smallest absolute Gasteiger partial charge is 0.323 e. The summed E-state index contributed by atoms with van der Waals surface area (Å²) < 4.78 is 23.6. The van der Waals surface area contributed by atoms with E-state index in [9.17, 15) is 13.2 Å². The molecule has 2 N–H and O–H groups in total. The van der Waals surface area contributed by atoms with E-state index in [1.807, 2.05) is 0 Å². The molecule has 1 aliphatic rings. The van der Waals surface area contributed by atoms with Crippen LogP contribution in [-0.2, 0) is 14.8 Å². The summed E-state index contributed by atoms with van der Waals surface area (Å²) in [5.74, 6) is -1.12. The van der Waals surface area contributed by atoms with E-state index in [2.05, 4.69) is 5.32 Å². The molecule has 0 radical (unpaired) electrons. The monoisotopic (exact) mass is 222 g/mol. The molecule has 0 saturated carbocycles. The van der Waals surface area contributed by atoms with Gasteiger partial charge in [0.25, 0.3) is 0 Å². The number of carboxylic acids is 1. The number of nitrogens with one attached hydrogen (secondary N) is 1. The second-order valence-electron chi connectivity index (χ2n) is 3.40. The fourth-order valence-electron chi connectivity index (χ4n) is 1.61. The maximum absolute atomic E-state index is 11.3. The number of carboxylic acid groups (broad SMARTS) is 1. The van der Waals surface area contributed by atoms with Gasteiger partial charge >= 0.3 is 5.97 Å². The minimum atomic E-state index is -3.44. The predicted molar refractivity (Wildman–Crippen MR) is 50.4 cm³/mol. The van der Waals surface area contributed by atoms with Crippen LogP contribution in [0.2, 0.25) is 0 Å².